The Morgan fingerprint density at radius 1 is 0.913 bits per heavy atom. The van der Waals surface area contributed by atoms with Crippen molar-refractivity contribution in [2.45, 2.75) is 18.6 Å². The van der Waals surface area contributed by atoms with Crippen molar-refractivity contribution in [1.29, 1.82) is 0 Å². The van der Waals surface area contributed by atoms with E-state index in [1.54, 1.807) is 0 Å². The zero-order valence-corrected chi connectivity index (χ0v) is 14.2. The molecule has 0 unspecified atom stereocenters. The number of nitrogens with one attached hydrogen (secondary N) is 2. The highest BCUT2D eigenvalue weighted by Crippen LogP contribution is 2.37. The molecule has 6 heteroatoms. The summed E-state index contributed by atoms with van der Waals surface area (Å²) in [7, 11) is 0. The van der Waals surface area contributed by atoms with E-state index < -0.39 is 0 Å². The van der Waals surface area contributed by atoms with Gasteiger partial charge in [-0.05, 0) is 49.1 Å². The quantitative estimate of drug-likeness (QED) is 0.818. The minimum Gasteiger partial charge on any atom is -0.348 e. The van der Waals surface area contributed by atoms with E-state index >= 15 is 0 Å². The van der Waals surface area contributed by atoms with Crippen LogP contribution in [0.1, 0.15) is 12.5 Å². The van der Waals surface area contributed by atoms with Gasteiger partial charge < -0.3 is 10.6 Å². The lowest BCUT2D eigenvalue weighted by Gasteiger charge is -2.30. The summed E-state index contributed by atoms with van der Waals surface area (Å²) in [6.07, 6.45) is -0.0647. The predicted octanol–water partition coefficient (Wildman–Crippen LogP) is 2.73. The van der Waals surface area contributed by atoms with E-state index in [0.29, 0.717) is 10.2 Å². The average molecular weight is 340 g/mol. The number of benzene rings is 2. The lowest BCUT2D eigenvalue weighted by atomic mass is 9.90. The Morgan fingerprint density at radius 3 is 2.17 bits per heavy atom. The van der Waals surface area contributed by atoms with Crippen LogP contribution in [0.4, 0.5) is 5.69 Å². The molecule has 2 aromatic carbocycles. The highest BCUT2D eigenvalue weighted by molar-refractivity contribution is 7.81. The molecule has 2 aromatic rings. The number of fused-ring (bicyclic) bond motifs is 1. The molecule has 2 heterocycles. The Labute approximate surface area is 146 Å². The molecule has 0 saturated carbocycles. The van der Waals surface area contributed by atoms with Gasteiger partial charge in [-0.3, -0.25) is 0 Å². The van der Waals surface area contributed by atoms with Crippen molar-refractivity contribution < 1.29 is 0 Å². The molecule has 2 aliphatic rings. The van der Waals surface area contributed by atoms with E-state index in [2.05, 4.69) is 29.7 Å². The van der Waals surface area contributed by atoms with Crippen molar-refractivity contribution in [3.8, 4) is 0 Å². The summed E-state index contributed by atoms with van der Waals surface area (Å²) in [5, 5.41) is 12.2. The van der Waals surface area contributed by atoms with Crippen molar-refractivity contribution in [2.75, 3.05) is 5.01 Å². The van der Waals surface area contributed by atoms with Gasteiger partial charge in [0.1, 0.15) is 5.54 Å². The number of para-hydroxylation sites is 1. The van der Waals surface area contributed by atoms with Gasteiger partial charge >= 0.3 is 0 Å². The number of hydrogen-bond donors (Lipinski definition) is 2. The minimum atomic E-state index is -0.355. The Bertz CT molecular complexity index is 765. The van der Waals surface area contributed by atoms with Gasteiger partial charge in [-0.25, -0.2) is 10.0 Å². The molecule has 2 fully saturated rings. The summed E-state index contributed by atoms with van der Waals surface area (Å²) in [6, 6.07) is 20.3. The van der Waals surface area contributed by atoms with E-state index in [1.165, 1.54) is 5.56 Å². The molecule has 4 nitrogen and oxygen atoms in total. The first-order chi connectivity index (χ1) is 11.1. The first-order valence-corrected chi connectivity index (χ1v) is 8.25. The molecule has 0 spiro atoms. The van der Waals surface area contributed by atoms with Gasteiger partial charge in [-0.2, -0.15) is 0 Å². The molecule has 4 rings (SSSR count). The standard InChI is InChI=1S/C17H16N4S2/c1-17(12-8-4-2-5-9-12)14-18-15(22)20(21(14)16(23)19-17)13-10-6-3-7-11-13/h2-11,14H,1H3,(H,18,22)(H,19,23)/t14-,17+/m1/s1. The van der Waals surface area contributed by atoms with Crippen LogP contribution in [0, 0.1) is 0 Å². The molecular formula is C17H16N4S2. The van der Waals surface area contributed by atoms with Gasteiger partial charge in [0.05, 0.1) is 5.69 Å². The van der Waals surface area contributed by atoms with Crippen LogP contribution >= 0.6 is 24.4 Å². The maximum absolute atomic E-state index is 5.61. The summed E-state index contributed by atoms with van der Waals surface area (Å²) in [5.74, 6) is 0. The lowest BCUT2D eigenvalue weighted by Crippen LogP contribution is -2.49. The molecule has 2 aliphatic heterocycles. The molecule has 0 aliphatic carbocycles. The number of thiocarbonyl (C=S) groups is 2. The number of anilines is 1. The highest BCUT2D eigenvalue weighted by atomic mass is 32.1. The van der Waals surface area contributed by atoms with Crippen molar-refractivity contribution in [1.82, 2.24) is 15.6 Å². The highest BCUT2D eigenvalue weighted by Gasteiger charge is 2.54. The third kappa shape index (κ3) is 2.09. The number of rotatable bonds is 2. The van der Waals surface area contributed by atoms with Gasteiger partial charge in [0.25, 0.3) is 0 Å². The van der Waals surface area contributed by atoms with Crippen molar-refractivity contribution in [3.05, 3.63) is 66.2 Å². The molecule has 2 atom stereocenters. The molecule has 116 valence electrons. The Kier molecular flexibility index (Phi) is 3.25. The first-order valence-electron chi connectivity index (χ1n) is 7.44. The molecule has 0 radical (unpaired) electrons. The van der Waals surface area contributed by atoms with E-state index in [1.807, 2.05) is 58.5 Å². The molecule has 2 N–H and O–H groups in total. The predicted molar refractivity (Wildman–Crippen MR) is 99.8 cm³/mol. The van der Waals surface area contributed by atoms with Gasteiger partial charge in [-0.1, -0.05) is 48.5 Å². The second-order valence-corrected chi connectivity index (χ2v) is 6.62. The van der Waals surface area contributed by atoms with Gasteiger partial charge in [0.2, 0.25) is 0 Å². The third-order valence-electron chi connectivity index (χ3n) is 4.41. The van der Waals surface area contributed by atoms with Crippen LogP contribution in [-0.2, 0) is 5.54 Å². The van der Waals surface area contributed by atoms with Gasteiger partial charge in [-0.15, -0.1) is 0 Å². The topological polar surface area (TPSA) is 30.5 Å². The molecule has 0 aromatic heterocycles. The van der Waals surface area contributed by atoms with Crippen LogP contribution in [-0.4, -0.2) is 21.4 Å². The molecular weight excluding hydrogens is 324 g/mol. The fraction of sp³-hybridized carbons (Fsp3) is 0.176. The van der Waals surface area contributed by atoms with Crippen LogP contribution < -0.4 is 15.6 Å². The Morgan fingerprint density at radius 2 is 1.52 bits per heavy atom. The largest absolute Gasteiger partial charge is 0.348 e. The second kappa shape index (κ2) is 5.18. The van der Waals surface area contributed by atoms with E-state index in [0.717, 1.165) is 5.69 Å². The zero-order chi connectivity index (χ0) is 16.0. The Balaban J connectivity index is 1.77. The maximum Gasteiger partial charge on any atom is 0.194 e. The normalized spacial score (nSPS) is 26.0. The van der Waals surface area contributed by atoms with Gasteiger partial charge in [0, 0.05) is 0 Å². The van der Waals surface area contributed by atoms with Crippen molar-refractivity contribution in [2.24, 2.45) is 0 Å². The number of nitrogens with zero attached hydrogens (tertiary/aromatic N) is 2. The van der Waals surface area contributed by atoms with E-state index in [9.17, 15) is 0 Å². The zero-order valence-electron chi connectivity index (χ0n) is 12.6. The van der Waals surface area contributed by atoms with Crippen LogP contribution in [0.15, 0.2) is 60.7 Å². The van der Waals surface area contributed by atoms with Crippen LogP contribution in [0.25, 0.3) is 0 Å². The summed E-state index contributed by atoms with van der Waals surface area (Å²) >= 11 is 11.2. The van der Waals surface area contributed by atoms with Crippen molar-refractivity contribution in [3.63, 3.8) is 0 Å². The van der Waals surface area contributed by atoms with E-state index in [4.69, 9.17) is 24.4 Å². The second-order valence-electron chi connectivity index (χ2n) is 5.84. The summed E-state index contributed by atoms with van der Waals surface area (Å²) in [5.41, 5.74) is 1.81. The number of hydrazine groups is 1. The monoisotopic (exact) mass is 340 g/mol. The average Bonchev–Trinajstić information content (AvgIpc) is 3.05. The van der Waals surface area contributed by atoms with Crippen LogP contribution in [0.2, 0.25) is 0 Å². The van der Waals surface area contributed by atoms with Crippen LogP contribution in [0.3, 0.4) is 0 Å². The third-order valence-corrected chi connectivity index (χ3v) is 4.99. The SMILES string of the molecule is C[C@@]1(c2ccccc2)NC(=S)N2[C@H]1NC(=S)N2c1ccccc1. The fourth-order valence-electron chi connectivity index (χ4n) is 3.22. The maximum atomic E-state index is 5.61. The van der Waals surface area contributed by atoms with Crippen LogP contribution in [0.5, 0.6) is 0 Å². The van der Waals surface area contributed by atoms with E-state index in [-0.39, 0.29) is 11.7 Å². The molecule has 0 amide bonds. The molecule has 23 heavy (non-hydrogen) atoms. The molecule has 2 saturated heterocycles. The summed E-state index contributed by atoms with van der Waals surface area (Å²) in [4.78, 5) is 0. The smallest absolute Gasteiger partial charge is 0.194 e. The van der Waals surface area contributed by atoms with Gasteiger partial charge in [0.15, 0.2) is 16.4 Å². The molecule has 0 bridgehead atoms. The first kappa shape index (κ1) is 14.4. The summed E-state index contributed by atoms with van der Waals surface area (Å²) in [6.45, 7) is 2.14. The lowest BCUT2D eigenvalue weighted by molar-refractivity contribution is 0.264. The minimum absolute atomic E-state index is 0.0647. The summed E-state index contributed by atoms with van der Waals surface area (Å²) < 4.78 is 0. The fourth-order valence-corrected chi connectivity index (χ4v) is 3.93. The number of hydrogen-bond acceptors (Lipinski definition) is 2. The Hall–Kier alpha value is -2.18. The van der Waals surface area contributed by atoms with Crippen molar-refractivity contribution >= 4 is 40.3 Å².